The Hall–Kier alpha value is -2.30. The molecule has 4 nitrogen and oxygen atoms in total. The monoisotopic (exact) mass is 342 g/mol. The van der Waals surface area contributed by atoms with Gasteiger partial charge in [0.1, 0.15) is 6.54 Å². The van der Waals surface area contributed by atoms with Gasteiger partial charge in [-0.05, 0) is 41.1 Å². The number of nitrogens with zero attached hydrogens (tertiary/aromatic N) is 1. The Balaban J connectivity index is 1.54. The van der Waals surface area contributed by atoms with E-state index in [1.807, 2.05) is 59.3 Å². The second-order valence-electron chi connectivity index (χ2n) is 5.72. The average molecular weight is 343 g/mol. The van der Waals surface area contributed by atoms with Gasteiger partial charge in [-0.2, -0.15) is 0 Å². The van der Waals surface area contributed by atoms with Gasteiger partial charge in [0.25, 0.3) is 0 Å². The van der Waals surface area contributed by atoms with E-state index < -0.39 is 0 Å². The van der Waals surface area contributed by atoms with Gasteiger partial charge in [0.2, 0.25) is 5.91 Å². The van der Waals surface area contributed by atoms with Crippen LogP contribution in [0.2, 0.25) is 5.02 Å². The van der Waals surface area contributed by atoms with Crippen LogP contribution in [0.25, 0.3) is 10.9 Å². The van der Waals surface area contributed by atoms with Gasteiger partial charge in [-0.1, -0.05) is 41.9 Å². The van der Waals surface area contributed by atoms with Gasteiger partial charge in [-0.25, -0.2) is 0 Å². The van der Waals surface area contributed by atoms with E-state index in [-0.39, 0.29) is 19.1 Å². The molecule has 1 aromatic heterocycles. The molecule has 3 rings (SSSR count). The van der Waals surface area contributed by atoms with Crippen molar-refractivity contribution in [2.75, 3.05) is 6.54 Å². The summed E-state index contributed by atoms with van der Waals surface area (Å²) in [6, 6.07) is 15.4. The van der Waals surface area contributed by atoms with Crippen LogP contribution in [0.1, 0.15) is 11.1 Å². The van der Waals surface area contributed by atoms with E-state index in [0.29, 0.717) is 11.6 Å². The van der Waals surface area contributed by atoms with Crippen LogP contribution in [0.5, 0.6) is 0 Å². The van der Waals surface area contributed by atoms with Crippen LogP contribution in [-0.4, -0.2) is 22.1 Å². The average Bonchev–Trinajstić information content (AvgIpc) is 2.97. The van der Waals surface area contributed by atoms with Gasteiger partial charge in [-0.15, -0.1) is 0 Å². The number of amides is 1. The summed E-state index contributed by atoms with van der Waals surface area (Å²) in [6.07, 6.45) is 2.66. The summed E-state index contributed by atoms with van der Waals surface area (Å²) >= 11 is 6.03. The summed E-state index contributed by atoms with van der Waals surface area (Å²) in [6.45, 7) is 0.899. The predicted octanol–water partition coefficient (Wildman–Crippen LogP) is 3.15. The minimum atomic E-state index is -0.0283. The van der Waals surface area contributed by atoms with E-state index in [0.717, 1.165) is 28.5 Å². The van der Waals surface area contributed by atoms with Crippen molar-refractivity contribution in [3.05, 3.63) is 70.9 Å². The molecule has 0 saturated carbocycles. The van der Waals surface area contributed by atoms with E-state index in [1.165, 1.54) is 0 Å². The summed E-state index contributed by atoms with van der Waals surface area (Å²) in [5.41, 5.74) is 2.98. The molecule has 0 bridgehead atoms. The molecule has 5 heteroatoms. The Morgan fingerprint density at radius 3 is 2.58 bits per heavy atom. The maximum Gasteiger partial charge on any atom is 0.239 e. The molecular weight excluding hydrogens is 324 g/mol. The number of aliphatic hydroxyl groups is 1. The summed E-state index contributed by atoms with van der Waals surface area (Å²) in [7, 11) is 0. The topological polar surface area (TPSA) is 54.3 Å². The molecule has 1 amide bonds. The van der Waals surface area contributed by atoms with E-state index in [2.05, 4.69) is 5.32 Å². The quantitative estimate of drug-likeness (QED) is 0.723. The van der Waals surface area contributed by atoms with Crippen LogP contribution in [0.3, 0.4) is 0 Å². The molecule has 0 saturated heterocycles. The maximum atomic E-state index is 12.1. The summed E-state index contributed by atoms with van der Waals surface area (Å²) in [4.78, 5) is 12.1. The van der Waals surface area contributed by atoms with Crippen LogP contribution in [0, 0.1) is 0 Å². The number of carbonyl (C=O) groups excluding carboxylic acids is 1. The summed E-state index contributed by atoms with van der Waals surface area (Å²) in [5, 5.41) is 13.7. The van der Waals surface area contributed by atoms with Crippen molar-refractivity contribution in [1.29, 1.82) is 0 Å². The second kappa shape index (κ2) is 7.51. The number of hydrogen-bond donors (Lipinski definition) is 2. The SMILES string of the molecule is O=C(Cn1ccc2ccc(Cl)cc21)NCCc1ccc(CO)cc1. The molecule has 0 fully saturated rings. The molecule has 0 atom stereocenters. The third-order valence-electron chi connectivity index (χ3n) is 3.99. The van der Waals surface area contributed by atoms with Gasteiger partial charge >= 0.3 is 0 Å². The van der Waals surface area contributed by atoms with E-state index in [1.54, 1.807) is 0 Å². The van der Waals surface area contributed by atoms with Crippen LogP contribution in [0.15, 0.2) is 54.7 Å². The Morgan fingerprint density at radius 1 is 1.08 bits per heavy atom. The highest BCUT2D eigenvalue weighted by atomic mass is 35.5. The summed E-state index contributed by atoms with van der Waals surface area (Å²) < 4.78 is 1.90. The van der Waals surface area contributed by atoms with Gasteiger partial charge in [-0.3, -0.25) is 4.79 Å². The number of fused-ring (bicyclic) bond motifs is 1. The highest BCUT2D eigenvalue weighted by Crippen LogP contribution is 2.20. The van der Waals surface area contributed by atoms with E-state index in [4.69, 9.17) is 16.7 Å². The first-order chi connectivity index (χ1) is 11.7. The number of hydrogen-bond acceptors (Lipinski definition) is 2. The Labute approximate surface area is 145 Å². The molecule has 2 N–H and O–H groups in total. The molecule has 0 spiro atoms. The molecule has 0 aliphatic rings. The second-order valence-corrected chi connectivity index (χ2v) is 6.16. The third kappa shape index (κ3) is 3.96. The third-order valence-corrected chi connectivity index (χ3v) is 4.23. The highest BCUT2D eigenvalue weighted by Gasteiger charge is 2.06. The number of carbonyl (C=O) groups is 1. The summed E-state index contributed by atoms with van der Waals surface area (Å²) in [5.74, 6) is -0.0283. The van der Waals surface area contributed by atoms with Crippen molar-refractivity contribution in [3.8, 4) is 0 Å². The predicted molar refractivity (Wildman–Crippen MR) is 96.0 cm³/mol. The van der Waals surface area contributed by atoms with Crippen molar-refractivity contribution in [1.82, 2.24) is 9.88 Å². The minimum absolute atomic E-state index is 0.0283. The lowest BCUT2D eigenvalue weighted by atomic mass is 10.1. The van der Waals surface area contributed by atoms with Crippen LogP contribution < -0.4 is 5.32 Å². The fraction of sp³-hybridized carbons (Fsp3) is 0.211. The van der Waals surface area contributed by atoms with Gasteiger partial charge < -0.3 is 15.0 Å². The van der Waals surface area contributed by atoms with Crippen molar-refractivity contribution in [2.24, 2.45) is 0 Å². The first-order valence-electron chi connectivity index (χ1n) is 7.85. The first kappa shape index (κ1) is 16.6. The standard InChI is InChI=1S/C19H19ClN2O2/c20-17-6-5-16-8-10-22(18(16)11-17)12-19(24)21-9-7-14-1-3-15(13-23)4-2-14/h1-6,8,10-11,23H,7,9,12-13H2,(H,21,24). The number of halogens is 1. The number of aliphatic hydroxyl groups excluding tert-OH is 1. The van der Waals surface area contributed by atoms with E-state index in [9.17, 15) is 4.79 Å². The zero-order chi connectivity index (χ0) is 16.9. The number of rotatable bonds is 6. The smallest absolute Gasteiger partial charge is 0.239 e. The first-order valence-corrected chi connectivity index (χ1v) is 8.23. The fourth-order valence-electron chi connectivity index (χ4n) is 2.66. The molecule has 0 aliphatic carbocycles. The number of benzene rings is 2. The molecular formula is C19H19ClN2O2. The Morgan fingerprint density at radius 2 is 1.83 bits per heavy atom. The van der Waals surface area contributed by atoms with E-state index >= 15 is 0 Å². The zero-order valence-corrected chi connectivity index (χ0v) is 14.0. The van der Waals surface area contributed by atoms with Gasteiger partial charge in [0.05, 0.1) is 6.61 Å². The van der Waals surface area contributed by atoms with Gasteiger partial charge in [0, 0.05) is 23.3 Å². The van der Waals surface area contributed by atoms with Crippen LogP contribution in [0.4, 0.5) is 0 Å². The van der Waals surface area contributed by atoms with Crippen LogP contribution in [-0.2, 0) is 24.4 Å². The fourth-order valence-corrected chi connectivity index (χ4v) is 2.83. The van der Waals surface area contributed by atoms with Crippen LogP contribution >= 0.6 is 11.6 Å². The number of nitrogens with one attached hydrogen (secondary N) is 1. The number of aromatic nitrogens is 1. The molecule has 0 radical (unpaired) electrons. The van der Waals surface area contributed by atoms with Crippen molar-refractivity contribution < 1.29 is 9.90 Å². The zero-order valence-electron chi connectivity index (χ0n) is 13.2. The minimum Gasteiger partial charge on any atom is -0.392 e. The lowest BCUT2D eigenvalue weighted by molar-refractivity contribution is -0.121. The largest absolute Gasteiger partial charge is 0.392 e. The van der Waals surface area contributed by atoms with Gasteiger partial charge in [0.15, 0.2) is 0 Å². The maximum absolute atomic E-state index is 12.1. The molecule has 0 unspecified atom stereocenters. The Bertz CT molecular complexity index is 840. The molecule has 0 aliphatic heterocycles. The molecule has 124 valence electrons. The molecule has 24 heavy (non-hydrogen) atoms. The van der Waals surface area contributed by atoms with Crippen molar-refractivity contribution >= 4 is 28.4 Å². The van der Waals surface area contributed by atoms with Crippen molar-refractivity contribution in [2.45, 2.75) is 19.6 Å². The lowest BCUT2D eigenvalue weighted by Gasteiger charge is -2.08. The normalized spacial score (nSPS) is 10.9. The van der Waals surface area contributed by atoms with Crippen molar-refractivity contribution in [3.63, 3.8) is 0 Å². The molecule has 1 heterocycles. The Kier molecular flexibility index (Phi) is 5.18. The highest BCUT2D eigenvalue weighted by molar-refractivity contribution is 6.31. The molecule has 3 aromatic rings. The molecule has 2 aromatic carbocycles. The lowest BCUT2D eigenvalue weighted by Crippen LogP contribution is -2.29.